The van der Waals surface area contributed by atoms with Gasteiger partial charge < -0.3 is 10.2 Å². The SMILES string of the molecule is CCN(CC)CCCn1c2c(c(SCC(=O)Nc3c(C)cc(C)cc3C)nc1=O)CCCC2. The van der Waals surface area contributed by atoms with Crippen LogP contribution in [0.25, 0.3) is 0 Å². The van der Waals surface area contributed by atoms with Crippen LogP contribution in [0.1, 0.15) is 61.1 Å². The summed E-state index contributed by atoms with van der Waals surface area (Å²) in [5, 5.41) is 3.79. The van der Waals surface area contributed by atoms with E-state index in [0.29, 0.717) is 6.54 Å². The van der Waals surface area contributed by atoms with Crippen molar-refractivity contribution < 1.29 is 4.79 Å². The highest BCUT2D eigenvalue weighted by molar-refractivity contribution is 8.00. The number of aromatic nitrogens is 2. The summed E-state index contributed by atoms with van der Waals surface area (Å²) in [5.74, 6) is 0.183. The first-order valence-electron chi connectivity index (χ1n) is 12.2. The molecule has 1 aromatic carbocycles. The average molecular weight is 471 g/mol. The predicted octanol–water partition coefficient (Wildman–Crippen LogP) is 4.51. The molecule has 0 radical (unpaired) electrons. The van der Waals surface area contributed by atoms with Crippen LogP contribution in [0.4, 0.5) is 5.69 Å². The van der Waals surface area contributed by atoms with Gasteiger partial charge in [-0.15, -0.1) is 0 Å². The lowest BCUT2D eigenvalue weighted by molar-refractivity contribution is -0.113. The third kappa shape index (κ3) is 6.48. The summed E-state index contributed by atoms with van der Waals surface area (Å²) in [6, 6.07) is 4.15. The zero-order valence-electron chi connectivity index (χ0n) is 20.8. The topological polar surface area (TPSA) is 67.2 Å². The van der Waals surface area contributed by atoms with Crippen molar-refractivity contribution in [2.45, 2.75) is 78.3 Å². The zero-order chi connectivity index (χ0) is 24.0. The van der Waals surface area contributed by atoms with Crippen molar-refractivity contribution in [1.82, 2.24) is 14.5 Å². The summed E-state index contributed by atoms with van der Waals surface area (Å²) in [5.41, 5.74) is 6.32. The molecule has 0 bridgehead atoms. The number of benzene rings is 1. The highest BCUT2D eigenvalue weighted by Crippen LogP contribution is 2.29. The standard InChI is InChI=1S/C26H38N4O2S/c1-6-29(7-2)13-10-14-30-22-12-9-8-11-21(22)25(28-26(30)32)33-17-23(31)27-24-19(4)15-18(3)16-20(24)5/h15-16H,6-14,17H2,1-5H3,(H,27,31). The third-order valence-corrected chi connectivity index (χ3v) is 7.50. The van der Waals surface area contributed by atoms with Crippen LogP contribution in [0.15, 0.2) is 22.0 Å². The lowest BCUT2D eigenvalue weighted by atomic mass is 9.97. The highest BCUT2D eigenvalue weighted by Gasteiger charge is 2.21. The van der Waals surface area contributed by atoms with Crippen LogP contribution in [0.2, 0.25) is 0 Å². The van der Waals surface area contributed by atoms with Crippen molar-refractivity contribution in [3.63, 3.8) is 0 Å². The summed E-state index contributed by atoms with van der Waals surface area (Å²) >= 11 is 1.39. The van der Waals surface area contributed by atoms with Gasteiger partial charge in [0.25, 0.3) is 0 Å². The van der Waals surface area contributed by atoms with Crippen LogP contribution < -0.4 is 11.0 Å². The number of hydrogen-bond acceptors (Lipinski definition) is 5. The molecule has 7 heteroatoms. The van der Waals surface area contributed by atoms with E-state index in [-0.39, 0.29) is 17.3 Å². The van der Waals surface area contributed by atoms with Gasteiger partial charge in [-0.25, -0.2) is 4.79 Å². The van der Waals surface area contributed by atoms with Gasteiger partial charge in [-0.2, -0.15) is 4.98 Å². The Labute approximate surface area is 202 Å². The number of nitrogens with one attached hydrogen (secondary N) is 1. The second-order valence-corrected chi connectivity index (χ2v) is 9.94. The number of rotatable bonds is 10. The lowest BCUT2D eigenvalue weighted by Crippen LogP contribution is -2.32. The summed E-state index contributed by atoms with van der Waals surface area (Å²) in [6.45, 7) is 14.2. The van der Waals surface area contributed by atoms with Gasteiger partial charge in [0.2, 0.25) is 5.91 Å². The fraction of sp³-hybridized carbons (Fsp3) is 0.577. The Hall–Kier alpha value is -2.12. The Balaban J connectivity index is 1.71. The van der Waals surface area contributed by atoms with Crippen molar-refractivity contribution in [1.29, 1.82) is 0 Å². The number of amides is 1. The van der Waals surface area contributed by atoms with Gasteiger partial charge in [0.1, 0.15) is 5.03 Å². The molecule has 0 unspecified atom stereocenters. The van der Waals surface area contributed by atoms with Gasteiger partial charge in [0, 0.05) is 23.5 Å². The summed E-state index contributed by atoms with van der Waals surface area (Å²) in [7, 11) is 0. The maximum atomic E-state index is 12.9. The third-order valence-electron chi connectivity index (χ3n) is 6.48. The van der Waals surface area contributed by atoms with Crippen molar-refractivity contribution in [3.05, 3.63) is 50.6 Å². The molecule has 1 heterocycles. The predicted molar refractivity (Wildman–Crippen MR) is 138 cm³/mol. The van der Waals surface area contributed by atoms with Crippen LogP contribution >= 0.6 is 11.8 Å². The van der Waals surface area contributed by atoms with E-state index in [1.54, 1.807) is 0 Å². The molecular weight excluding hydrogens is 432 g/mol. The highest BCUT2D eigenvalue weighted by atomic mass is 32.2. The van der Waals surface area contributed by atoms with E-state index in [4.69, 9.17) is 0 Å². The maximum Gasteiger partial charge on any atom is 0.348 e. The number of anilines is 1. The van der Waals surface area contributed by atoms with Crippen molar-refractivity contribution in [2.75, 3.05) is 30.7 Å². The molecule has 1 aliphatic carbocycles. The van der Waals surface area contributed by atoms with Crippen LogP contribution in [-0.4, -0.2) is 45.7 Å². The fourth-order valence-electron chi connectivity index (χ4n) is 4.78. The molecule has 0 spiro atoms. The van der Waals surface area contributed by atoms with E-state index >= 15 is 0 Å². The normalized spacial score (nSPS) is 13.3. The first-order valence-corrected chi connectivity index (χ1v) is 13.2. The molecule has 6 nitrogen and oxygen atoms in total. The molecule has 0 aliphatic heterocycles. The molecule has 0 fully saturated rings. The summed E-state index contributed by atoms with van der Waals surface area (Å²) in [4.78, 5) is 32.4. The Bertz CT molecular complexity index is 1020. The number of fused-ring (bicyclic) bond motifs is 1. The molecule has 1 amide bonds. The minimum atomic E-state index is -0.177. The van der Waals surface area contributed by atoms with Crippen LogP contribution in [-0.2, 0) is 24.2 Å². The van der Waals surface area contributed by atoms with Gasteiger partial charge >= 0.3 is 5.69 Å². The largest absolute Gasteiger partial charge is 0.348 e. The molecule has 1 aliphatic rings. The average Bonchev–Trinajstić information content (AvgIpc) is 2.79. The second-order valence-electron chi connectivity index (χ2n) is 8.97. The molecule has 33 heavy (non-hydrogen) atoms. The Morgan fingerprint density at radius 1 is 1.12 bits per heavy atom. The molecule has 180 valence electrons. The minimum absolute atomic E-state index is 0.0650. The monoisotopic (exact) mass is 470 g/mol. The van der Waals surface area contributed by atoms with E-state index in [2.05, 4.69) is 48.1 Å². The molecule has 0 saturated heterocycles. The number of hydrogen-bond donors (Lipinski definition) is 1. The number of aryl methyl sites for hydroxylation is 3. The van der Waals surface area contributed by atoms with Crippen LogP contribution in [0, 0.1) is 20.8 Å². The molecular formula is C26H38N4O2S. The van der Waals surface area contributed by atoms with Gasteiger partial charge in [0.05, 0.1) is 5.75 Å². The van der Waals surface area contributed by atoms with E-state index in [0.717, 1.165) is 79.3 Å². The number of nitrogens with zero attached hydrogens (tertiary/aromatic N) is 3. The Morgan fingerprint density at radius 2 is 1.79 bits per heavy atom. The second kappa shape index (κ2) is 11.8. The van der Waals surface area contributed by atoms with Gasteiger partial charge in [-0.1, -0.05) is 43.3 Å². The van der Waals surface area contributed by atoms with E-state index in [9.17, 15) is 9.59 Å². The van der Waals surface area contributed by atoms with Crippen molar-refractivity contribution in [2.24, 2.45) is 0 Å². The molecule has 1 aromatic heterocycles. The summed E-state index contributed by atoms with van der Waals surface area (Å²) in [6.07, 6.45) is 5.00. The molecule has 1 N–H and O–H groups in total. The van der Waals surface area contributed by atoms with Crippen LogP contribution in [0.3, 0.4) is 0 Å². The Morgan fingerprint density at radius 3 is 2.45 bits per heavy atom. The van der Waals surface area contributed by atoms with Crippen molar-refractivity contribution >= 4 is 23.4 Å². The van der Waals surface area contributed by atoms with E-state index in [1.165, 1.54) is 22.9 Å². The first kappa shape index (κ1) is 25.5. The van der Waals surface area contributed by atoms with E-state index < -0.39 is 0 Å². The van der Waals surface area contributed by atoms with Crippen molar-refractivity contribution in [3.8, 4) is 0 Å². The molecule has 0 atom stereocenters. The van der Waals surface area contributed by atoms with Crippen LogP contribution in [0.5, 0.6) is 0 Å². The van der Waals surface area contributed by atoms with Gasteiger partial charge in [0.15, 0.2) is 0 Å². The number of carbonyl (C=O) groups excluding carboxylic acids is 1. The van der Waals surface area contributed by atoms with Gasteiger partial charge in [-0.3, -0.25) is 9.36 Å². The lowest BCUT2D eigenvalue weighted by Gasteiger charge is -2.24. The molecule has 0 saturated carbocycles. The minimum Gasteiger partial charge on any atom is -0.325 e. The number of thioether (sulfide) groups is 1. The van der Waals surface area contributed by atoms with Gasteiger partial charge in [-0.05, 0) is 83.6 Å². The quantitative estimate of drug-likeness (QED) is 0.409. The Kier molecular flexibility index (Phi) is 9.15. The molecule has 3 rings (SSSR count). The molecule has 2 aromatic rings. The number of carbonyl (C=O) groups is 1. The summed E-state index contributed by atoms with van der Waals surface area (Å²) < 4.78 is 1.89. The first-order chi connectivity index (χ1) is 15.8. The van der Waals surface area contributed by atoms with E-state index in [1.807, 2.05) is 18.4 Å². The zero-order valence-corrected chi connectivity index (χ0v) is 21.6. The fourth-order valence-corrected chi connectivity index (χ4v) is 5.65. The smallest absolute Gasteiger partial charge is 0.325 e. The maximum absolute atomic E-state index is 12.9.